The zero-order chi connectivity index (χ0) is 32.7. The van der Waals surface area contributed by atoms with Gasteiger partial charge in [0.25, 0.3) is 5.91 Å². The Morgan fingerprint density at radius 2 is 1.76 bits per heavy atom. The summed E-state index contributed by atoms with van der Waals surface area (Å²) in [6.45, 7) is 10.1. The number of halogens is 2. The van der Waals surface area contributed by atoms with Crippen molar-refractivity contribution in [2.45, 2.75) is 66.7 Å². The summed E-state index contributed by atoms with van der Waals surface area (Å²) in [5.74, 6) is 0.766. The second kappa shape index (κ2) is 13.1. The highest BCUT2D eigenvalue weighted by molar-refractivity contribution is 6.35. The Hall–Kier alpha value is -3.85. The number of aryl methyl sites for hydroxylation is 6. The first-order chi connectivity index (χ1) is 22.1. The van der Waals surface area contributed by atoms with Gasteiger partial charge in [0.05, 0.1) is 41.7 Å². The molecular formula is C36H39Cl2N5O3. The van der Waals surface area contributed by atoms with E-state index in [1.54, 1.807) is 6.20 Å². The number of pyridine rings is 1. The summed E-state index contributed by atoms with van der Waals surface area (Å²) >= 11 is 13.4. The van der Waals surface area contributed by atoms with Crippen LogP contribution in [0, 0.1) is 27.7 Å². The second-order valence-electron chi connectivity index (χ2n) is 12.2. The molecule has 1 aliphatic heterocycles. The lowest BCUT2D eigenvalue weighted by molar-refractivity contribution is 0.0742. The van der Waals surface area contributed by atoms with E-state index in [4.69, 9.17) is 33.0 Å². The van der Waals surface area contributed by atoms with E-state index in [1.165, 1.54) is 0 Å². The Labute approximate surface area is 279 Å². The van der Waals surface area contributed by atoms with Crippen molar-refractivity contribution in [1.82, 2.24) is 24.2 Å². The van der Waals surface area contributed by atoms with Gasteiger partial charge in [0.1, 0.15) is 11.4 Å². The van der Waals surface area contributed by atoms with Crippen LogP contribution in [0.25, 0.3) is 22.0 Å². The average Bonchev–Trinajstić information content (AvgIpc) is 3.41. The van der Waals surface area contributed by atoms with Crippen molar-refractivity contribution in [1.29, 1.82) is 0 Å². The van der Waals surface area contributed by atoms with Crippen molar-refractivity contribution < 1.29 is 14.6 Å². The average molecular weight is 661 g/mol. The molecule has 5 aromatic rings. The molecule has 3 aromatic heterocycles. The number of aliphatic hydroxyl groups is 1. The van der Waals surface area contributed by atoms with Crippen LogP contribution in [0.15, 0.2) is 42.6 Å². The maximum Gasteiger partial charge on any atom is 0.271 e. The number of hydrogen-bond acceptors (Lipinski definition) is 5. The smallest absolute Gasteiger partial charge is 0.271 e. The molecule has 0 aliphatic carbocycles. The van der Waals surface area contributed by atoms with E-state index in [1.807, 2.05) is 67.7 Å². The molecule has 0 spiro atoms. The summed E-state index contributed by atoms with van der Waals surface area (Å²) in [6, 6.07) is 11.7. The van der Waals surface area contributed by atoms with Gasteiger partial charge in [-0.3, -0.25) is 14.5 Å². The zero-order valence-electron chi connectivity index (χ0n) is 27.0. The Morgan fingerprint density at radius 1 is 1.00 bits per heavy atom. The fraction of sp³-hybridized carbons (Fsp3) is 0.361. The van der Waals surface area contributed by atoms with E-state index >= 15 is 0 Å². The molecule has 240 valence electrons. The van der Waals surface area contributed by atoms with Gasteiger partial charge in [0.15, 0.2) is 0 Å². The highest BCUT2D eigenvalue weighted by Gasteiger charge is 2.32. The fourth-order valence-electron chi connectivity index (χ4n) is 6.68. The molecule has 1 aliphatic rings. The lowest BCUT2D eigenvalue weighted by atomic mass is 9.98. The van der Waals surface area contributed by atoms with Crippen molar-refractivity contribution in [3.05, 3.63) is 97.7 Å². The first-order valence-corrected chi connectivity index (χ1v) is 16.4. The third-order valence-corrected chi connectivity index (χ3v) is 9.92. The number of ether oxygens (including phenoxy) is 1. The molecule has 8 nitrogen and oxygen atoms in total. The van der Waals surface area contributed by atoms with Crippen LogP contribution in [0.4, 0.5) is 0 Å². The molecule has 0 radical (unpaired) electrons. The van der Waals surface area contributed by atoms with Crippen LogP contribution in [0.5, 0.6) is 5.75 Å². The number of rotatable bonds is 9. The van der Waals surface area contributed by atoms with Gasteiger partial charge >= 0.3 is 0 Å². The summed E-state index contributed by atoms with van der Waals surface area (Å²) in [5.41, 5.74) is 9.99. The van der Waals surface area contributed by atoms with Crippen molar-refractivity contribution in [3.63, 3.8) is 0 Å². The standard InChI is InChI=1S/C36H39Cl2N5O3/c1-21-16-27(17-22(2)33(21)38)46-15-6-8-28-29-11-12-30(37)32(31-23(3)40-41(5)24(31)4)34(29)43-14-7-13-42(36(45)35(28)43)19-26-10-9-25(20-44)18-39-26/h9-12,16-18,44H,6-8,13-15,19-20H2,1-5H3. The number of nitrogens with zero attached hydrogens (tertiary/aromatic N) is 5. The van der Waals surface area contributed by atoms with Gasteiger partial charge in [-0.05, 0) is 93.5 Å². The molecule has 1 N–H and O–H groups in total. The molecule has 6 rings (SSSR count). The summed E-state index contributed by atoms with van der Waals surface area (Å²) in [6.07, 6.45) is 3.81. The van der Waals surface area contributed by atoms with Crippen molar-refractivity contribution in [2.75, 3.05) is 13.2 Å². The molecule has 0 saturated carbocycles. The molecule has 0 fully saturated rings. The number of fused-ring (bicyclic) bond motifs is 3. The first-order valence-electron chi connectivity index (χ1n) is 15.7. The van der Waals surface area contributed by atoms with Gasteiger partial charge in [-0.15, -0.1) is 0 Å². The number of hydrogen-bond donors (Lipinski definition) is 1. The highest BCUT2D eigenvalue weighted by atomic mass is 35.5. The molecule has 1 amide bonds. The summed E-state index contributed by atoms with van der Waals surface area (Å²) < 4.78 is 10.2. The number of benzene rings is 2. The monoisotopic (exact) mass is 659 g/mol. The third kappa shape index (κ3) is 5.90. The number of carbonyl (C=O) groups excluding carboxylic acids is 1. The van der Waals surface area contributed by atoms with Crippen LogP contribution in [0.2, 0.25) is 10.0 Å². The summed E-state index contributed by atoms with van der Waals surface area (Å²) in [5, 5.41) is 16.6. The number of aromatic nitrogens is 4. The van der Waals surface area contributed by atoms with Gasteiger partial charge < -0.3 is 19.3 Å². The minimum absolute atomic E-state index is 0.0247. The minimum atomic E-state index is -0.0683. The predicted molar refractivity (Wildman–Crippen MR) is 183 cm³/mol. The van der Waals surface area contributed by atoms with Crippen LogP contribution in [-0.2, 0) is 33.2 Å². The lowest BCUT2D eigenvalue weighted by Gasteiger charge is -2.20. The first kappa shape index (κ1) is 32.1. The zero-order valence-corrected chi connectivity index (χ0v) is 28.5. The Kier molecular flexibility index (Phi) is 9.15. The minimum Gasteiger partial charge on any atom is -0.494 e. The maximum absolute atomic E-state index is 14.5. The van der Waals surface area contributed by atoms with Crippen LogP contribution in [0.3, 0.4) is 0 Å². The number of carbonyl (C=O) groups is 1. The topological polar surface area (TPSA) is 85.4 Å². The molecule has 10 heteroatoms. The van der Waals surface area contributed by atoms with Gasteiger partial charge in [0, 0.05) is 53.6 Å². The van der Waals surface area contributed by atoms with E-state index in [2.05, 4.69) is 22.5 Å². The lowest BCUT2D eigenvalue weighted by Crippen LogP contribution is -2.31. The predicted octanol–water partition coefficient (Wildman–Crippen LogP) is 7.53. The van der Waals surface area contributed by atoms with E-state index in [0.717, 1.165) is 78.6 Å². The molecule has 4 heterocycles. The van der Waals surface area contributed by atoms with Crippen LogP contribution < -0.4 is 4.74 Å². The van der Waals surface area contributed by atoms with Crippen molar-refractivity contribution in [2.24, 2.45) is 7.05 Å². The largest absolute Gasteiger partial charge is 0.494 e. The van der Waals surface area contributed by atoms with Gasteiger partial charge in [-0.2, -0.15) is 5.10 Å². The fourth-order valence-corrected chi connectivity index (χ4v) is 7.03. The Balaban J connectivity index is 1.42. The van der Waals surface area contributed by atoms with Crippen molar-refractivity contribution >= 4 is 40.0 Å². The molecule has 0 atom stereocenters. The van der Waals surface area contributed by atoms with Gasteiger partial charge in [-0.1, -0.05) is 35.3 Å². The van der Waals surface area contributed by atoms with Crippen LogP contribution in [0.1, 0.15) is 62.7 Å². The number of aliphatic hydroxyl groups excluding tert-OH is 1. The molecule has 0 bridgehead atoms. The van der Waals surface area contributed by atoms with Gasteiger partial charge in [0.2, 0.25) is 0 Å². The number of amides is 1. The van der Waals surface area contributed by atoms with Gasteiger partial charge in [-0.25, -0.2) is 0 Å². The Morgan fingerprint density at radius 3 is 2.41 bits per heavy atom. The molecule has 2 aromatic carbocycles. The quantitative estimate of drug-likeness (QED) is 0.165. The summed E-state index contributed by atoms with van der Waals surface area (Å²) in [4.78, 5) is 20.9. The molecule has 0 saturated heterocycles. The Bertz CT molecular complexity index is 1920. The highest BCUT2D eigenvalue weighted by Crippen LogP contribution is 2.43. The van der Waals surface area contributed by atoms with E-state index < -0.39 is 0 Å². The second-order valence-corrected chi connectivity index (χ2v) is 13.0. The molecule has 46 heavy (non-hydrogen) atoms. The normalized spacial score (nSPS) is 13.4. The van der Waals surface area contributed by atoms with Crippen molar-refractivity contribution in [3.8, 4) is 16.9 Å². The SMILES string of the molecule is Cc1cc(OCCCc2c3n(c4c(-c5c(C)nn(C)c5C)c(Cl)ccc24)CCCN(Cc2ccc(CO)cn2)C3=O)cc(C)c1Cl. The molecule has 0 unspecified atom stereocenters. The maximum atomic E-state index is 14.5. The summed E-state index contributed by atoms with van der Waals surface area (Å²) in [7, 11) is 1.94. The molecular weight excluding hydrogens is 621 g/mol. The van der Waals surface area contributed by atoms with E-state index in [9.17, 15) is 9.90 Å². The van der Waals surface area contributed by atoms with Crippen LogP contribution >= 0.6 is 23.2 Å². The van der Waals surface area contributed by atoms with E-state index in [0.29, 0.717) is 49.8 Å². The van der Waals surface area contributed by atoms with Crippen LogP contribution in [-0.4, -0.2) is 48.4 Å². The van der Waals surface area contributed by atoms with E-state index in [-0.39, 0.29) is 12.5 Å². The third-order valence-electron chi connectivity index (χ3n) is 9.01.